The second-order valence-corrected chi connectivity index (χ2v) is 9.30. The number of benzene rings is 2. The number of ether oxygens (including phenoxy) is 2. The van der Waals surface area contributed by atoms with Crippen molar-refractivity contribution in [2.75, 3.05) is 19.5 Å². The zero-order valence-corrected chi connectivity index (χ0v) is 17.2. The van der Waals surface area contributed by atoms with Crippen LogP contribution in [0.15, 0.2) is 42.5 Å². The molecule has 2 aromatic carbocycles. The fraction of sp³-hybridized carbons (Fsp3) is 0.480. The summed E-state index contributed by atoms with van der Waals surface area (Å²) < 4.78 is 10.6. The van der Waals surface area contributed by atoms with Crippen LogP contribution in [0.25, 0.3) is 0 Å². The summed E-state index contributed by atoms with van der Waals surface area (Å²) in [4.78, 5) is 12.7. The fourth-order valence-electron chi connectivity index (χ4n) is 6.55. The Balaban J connectivity index is 1.32. The summed E-state index contributed by atoms with van der Waals surface area (Å²) in [6.45, 7) is 0. The van der Waals surface area contributed by atoms with Gasteiger partial charge in [0.15, 0.2) is 11.5 Å². The number of carbonyl (C=O) groups excluding carboxylic acids is 1. The van der Waals surface area contributed by atoms with Crippen molar-refractivity contribution in [1.82, 2.24) is 0 Å². The molecule has 4 bridgehead atoms. The van der Waals surface area contributed by atoms with Crippen LogP contribution in [-0.4, -0.2) is 20.1 Å². The van der Waals surface area contributed by atoms with Gasteiger partial charge in [0.25, 0.3) is 5.91 Å². The van der Waals surface area contributed by atoms with Gasteiger partial charge in [-0.25, -0.2) is 0 Å². The third-order valence-corrected chi connectivity index (χ3v) is 7.44. The molecule has 1 N–H and O–H groups in total. The molecule has 4 heteroatoms. The molecule has 2 aromatic rings. The van der Waals surface area contributed by atoms with Crippen molar-refractivity contribution in [2.45, 2.75) is 43.9 Å². The van der Waals surface area contributed by atoms with Gasteiger partial charge in [-0.1, -0.05) is 12.1 Å². The van der Waals surface area contributed by atoms with E-state index in [9.17, 15) is 4.79 Å². The SMILES string of the molecule is COc1ccc(C(=O)Nc2ccc(C34CC5CC(CC(C5)C3)C4)cc2)cc1OC. The third-order valence-electron chi connectivity index (χ3n) is 7.44. The molecule has 4 nitrogen and oxygen atoms in total. The molecule has 0 aromatic heterocycles. The Morgan fingerprint density at radius 2 is 1.45 bits per heavy atom. The van der Waals surface area contributed by atoms with E-state index < -0.39 is 0 Å². The number of rotatable bonds is 5. The quantitative estimate of drug-likeness (QED) is 0.740. The van der Waals surface area contributed by atoms with E-state index in [4.69, 9.17) is 9.47 Å². The molecule has 0 aliphatic heterocycles. The van der Waals surface area contributed by atoms with E-state index in [0.29, 0.717) is 22.5 Å². The zero-order valence-electron chi connectivity index (χ0n) is 17.2. The number of hydrogen-bond donors (Lipinski definition) is 1. The summed E-state index contributed by atoms with van der Waals surface area (Å²) in [5, 5.41) is 3.01. The minimum Gasteiger partial charge on any atom is -0.493 e. The van der Waals surface area contributed by atoms with Crippen molar-refractivity contribution in [1.29, 1.82) is 0 Å². The highest BCUT2D eigenvalue weighted by atomic mass is 16.5. The van der Waals surface area contributed by atoms with Crippen LogP contribution in [0.5, 0.6) is 11.5 Å². The number of anilines is 1. The standard InChI is InChI=1S/C25H29NO3/c1-28-22-8-3-19(12-23(22)29-2)24(27)26-21-6-4-20(5-7-21)25-13-16-9-17(14-25)11-18(10-16)15-25/h3-8,12,16-18H,9-11,13-15H2,1-2H3,(H,26,27). The van der Waals surface area contributed by atoms with Gasteiger partial charge < -0.3 is 14.8 Å². The van der Waals surface area contributed by atoms with Gasteiger partial charge >= 0.3 is 0 Å². The first kappa shape index (κ1) is 18.5. The van der Waals surface area contributed by atoms with Crippen molar-refractivity contribution >= 4 is 11.6 Å². The lowest BCUT2D eigenvalue weighted by Crippen LogP contribution is -2.48. The Hall–Kier alpha value is -2.49. The maximum absolute atomic E-state index is 12.7. The molecule has 0 unspecified atom stereocenters. The van der Waals surface area contributed by atoms with E-state index in [0.717, 1.165) is 23.4 Å². The summed E-state index contributed by atoms with van der Waals surface area (Å²) in [7, 11) is 3.16. The molecule has 4 aliphatic carbocycles. The molecular weight excluding hydrogens is 362 g/mol. The smallest absolute Gasteiger partial charge is 0.255 e. The highest BCUT2D eigenvalue weighted by molar-refractivity contribution is 6.04. The van der Waals surface area contributed by atoms with E-state index in [2.05, 4.69) is 29.6 Å². The molecule has 0 saturated heterocycles. The molecule has 0 heterocycles. The Bertz CT molecular complexity index is 883. The summed E-state index contributed by atoms with van der Waals surface area (Å²) in [5.41, 5.74) is 3.24. The third kappa shape index (κ3) is 3.29. The summed E-state index contributed by atoms with van der Waals surface area (Å²) >= 11 is 0. The predicted molar refractivity (Wildman–Crippen MR) is 114 cm³/mol. The van der Waals surface area contributed by atoms with E-state index in [1.165, 1.54) is 44.1 Å². The van der Waals surface area contributed by atoms with E-state index in [1.54, 1.807) is 32.4 Å². The van der Waals surface area contributed by atoms with Crippen molar-refractivity contribution < 1.29 is 14.3 Å². The molecule has 4 fully saturated rings. The highest BCUT2D eigenvalue weighted by Crippen LogP contribution is 2.60. The largest absolute Gasteiger partial charge is 0.493 e. The molecule has 0 radical (unpaired) electrons. The average molecular weight is 392 g/mol. The van der Waals surface area contributed by atoms with Crippen molar-refractivity contribution in [3.63, 3.8) is 0 Å². The summed E-state index contributed by atoms with van der Waals surface area (Å²) in [5.74, 6) is 3.83. The second kappa shape index (κ2) is 7.08. The average Bonchev–Trinajstić information content (AvgIpc) is 2.72. The molecule has 4 saturated carbocycles. The molecule has 1 amide bonds. The highest BCUT2D eigenvalue weighted by Gasteiger charge is 2.51. The van der Waals surface area contributed by atoms with Crippen LogP contribution in [0.1, 0.15) is 54.4 Å². The predicted octanol–water partition coefficient (Wildman–Crippen LogP) is 5.42. The van der Waals surface area contributed by atoms with Gasteiger partial charge in [-0.15, -0.1) is 0 Å². The molecule has 29 heavy (non-hydrogen) atoms. The van der Waals surface area contributed by atoms with Gasteiger partial charge in [-0.3, -0.25) is 4.79 Å². The van der Waals surface area contributed by atoms with Gasteiger partial charge in [0.1, 0.15) is 0 Å². The molecule has 6 rings (SSSR count). The molecule has 4 aliphatic rings. The van der Waals surface area contributed by atoms with Crippen LogP contribution < -0.4 is 14.8 Å². The Labute approximate surface area is 172 Å². The van der Waals surface area contributed by atoms with Crippen LogP contribution in [0.4, 0.5) is 5.69 Å². The number of carbonyl (C=O) groups is 1. The minimum absolute atomic E-state index is 0.145. The lowest BCUT2D eigenvalue weighted by molar-refractivity contribution is -0.00518. The van der Waals surface area contributed by atoms with Gasteiger partial charge in [0, 0.05) is 11.3 Å². The lowest BCUT2D eigenvalue weighted by atomic mass is 9.48. The maximum atomic E-state index is 12.7. The molecule has 152 valence electrons. The molecular formula is C25H29NO3. The van der Waals surface area contributed by atoms with E-state index in [1.807, 2.05) is 0 Å². The van der Waals surface area contributed by atoms with Crippen LogP contribution in [0.2, 0.25) is 0 Å². The van der Waals surface area contributed by atoms with Crippen molar-refractivity contribution in [2.24, 2.45) is 17.8 Å². The second-order valence-electron chi connectivity index (χ2n) is 9.30. The number of amides is 1. The number of methoxy groups -OCH3 is 2. The maximum Gasteiger partial charge on any atom is 0.255 e. The number of nitrogens with one attached hydrogen (secondary N) is 1. The van der Waals surface area contributed by atoms with E-state index >= 15 is 0 Å². The zero-order chi connectivity index (χ0) is 20.0. The van der Waals surface area contributed by atoms with Crippen LogP contribution in [0, 0.1) is 17.8 Å². The fourth-order valence-corrected chi connectivity index (χ4v) is 6.55. The summed E-state index contributed by atoms with van der Waals surface area (Å²) in [6, 6.07) is 13.8. The van der Waals surface area contributed by atoms with Crippen molar-refractivity contribution in [3.05, 3.63) is 53.6 Å². The normalized spacial score (nSPS) is 29.5. The first-order valence-corrected chi connectivity index (χ1v) is 10.7. The number of hydrogen-bond acceptors (Lipinski definition) is 3. The van der Waals surface area contributed by atoms with Gasteiger partial charge in [-0.05, 0) is 97.6 Å². The van der Waals surface area contributed by atoms with Crippen molar-refractivity contribution in [3.8, 4) is 11.5 Å². The van der Waals surface area contributed by atoms with Gasteiger partial charge in [0.05, 0.1) is 14.2 Å². The Morgan fingerprint density at radius 3 is 2.00 bits per heavy atom. The monoisotopic (exact) mass is 391 g/mol. The topological polar surface area (TPSA) is 47.6 Å². The lowest BCUT2D eigenvalue weighted by Gasteiger charge is -2.57. The molecule has 0 spiro atoms. The van der Waals surface area contributed by atoms with E-state index in [-0.39, 0.29) is 5.91 Å². The van der Waals surface area contributed by atoms with Gasteiger partial charge in [-0.2, -0.15) is 0 Å². The Kier molecular flexibility index (Phi) is 4.53. The van der Waals surface area contributed by atoms with Crippen LogP contribution in [0.3, 0.4) is 0 Å². The minimum atomic E-state index is -0.145. The van der Waals surface area contributed by atoms with Crippen LogP contribution >= 0.6 is 0 Å². The van der Waals surface area contributed by atoms with Gasteiger partial charge in [0.2, 0.25) is 0 Å². The Morgan fingerprint density at radius 1 is 0.862 bits per heavy atom. The molecule has 0 atom stereocenters. The summed E-state index contributed by atoms with van der Waals surface area (Å²) in [6.07, 6.45) is 8.44. The first-order chi connectivity index (χ1) is 14.1. The first-order valence-electron chi connectivity index (χ1n) is 10.7. The van der Waals surface area contributed by atoms with Crippen LogP contribution in [-0.2, 0) is 5.41 Å².